The Labute approximate surface area is 164 Å². The van der Waals surface area contributed by atoms with Crippen LogP contribution in [-0.2, 0) is 19.0 Å². The molecule has 0 unspecified atom stereocenters. The van der Waals surface area contributed by atoms with Gasteiger partial charge in [-0.2, -0.15) is 0 Å². The van der Waals surface area contributed by atoms with E-state index in [1.807, 2.05) is 25.1 Å². The molecule has 27 heavy (non-hydrogen) atoms. The van der Waals surface area contributed by atoms with Crippen molar-refractivity contribution in [1.29, 1.82) is 0 Å². The zero-order valence-corrected chi connectivity index (χ0v) is 16.8. The molecule has 0 N–H and O–H groups in total. The van der Waals surface area contributed by atoms with Crippen LogP contribution in [0.1, 0.15) is 19.4 Å². The van der Waals surface area contributed by atoms with E-state index in [1.165, 1.54) is 0 Å². The molecule has 0 spiro atoms. The van der Waals surface area contributed by atoms with Crippen molar-refractivity contribution in [2.75, 3.05) is 39.6 Å². The highest BCUT2D eigenvalue weighted by atomic mass is 32.1. The number of benzene rings is 1. The molecule has 6 nitrogen and oxygen atoms in total. The minimum Gasteiger partial charge on any atom is -0.490 e. The van der Waals surface area contributed by atoms with E-state index in [0.29, 0.717) is 43.5 Å². The molecule has 0 saturated heterocycles. The Balaban J connectivity index is 1.63. The van der Waals surface area contributed by atoms with Gasteiger partial charge in [-0.3, -0.25) is 4.79 Å². The van der Waals surface area contributed by atoms with Gasteiger partial charge in [-0.25, -0.2) is 0 Å². The van der Waals surface area contributed by atoms with Gasteiger partial charge in [0.15, 0.2) is 4.71 Å². The van der Waals surface area contributed by atoms with Crippen LogP contribution in [0.15, 0.2) is 28.7 Å². The number of carbonyl (C=O) groups is 1. The first-order valence-electron chi connectivity index (χ1n) is 8.97. The molecule has 0 amide bonds. The number of esters is 1. The lowest BCUT2D eigenvalue weighted by Crippen LogP contribution is -2.16. The second-order valence-electron chi connectivity index (χ2n) is 6.28. The van der Waals surface area contributed by atoms with Gasteiger partial charge in [-0.05, 0) is 30.8 Å². The third kappa shape index (κ3) is 6.93. The molecule has 1 aromatic heterocycles. The van der Waals surface area contributed by atoms with E-state index in [2.05, 4.69) is 0 Å². The fourth-order valence-corrected chi connectivity index (χ4v) is 2.51. The molecule has 1 heterocycles. The summed E-state index contributed by atoms with van der Waals surface area (Å²) in [4.78, 5) is 11.3. The van der Waals surface area contributed by atoms with Crippen molar-refractivity contribution in [1.82, 2.24) is 0 Å². The molecule has 0 bridgehead atoms. The Morgan fingerprint density at radius 1 is 1.07 bits per heavy atom. The lowest BCUT2D eigenvalue weighted by atomic mass is 10.1. The summed E-state index contributed by atoms with van der Waals surface area (Å²) in [7, 11) is 0. The minimum absolute atomic E-state index is 0.121. The third-order valence-corrected chi connectivity index (χ3v) is 3.93. The molecular formula is C20H26O6S. The van der Waals surface area contributed by atoms with Gasteiger partial charge in [0.25, 0.3) is 0 Å². The molecular weight excluding hydrogens is 368 g/mol. The summed E-state index contributed by atoms with van der Waals surface area (Å²) < 4.78 is 27.6. The molecule has 0 atom stereocenters. The van der Waals surface area contributed by atoms with Crippen molar-refractivity contribution >= 4 is 29.2 Å². The maximum Gasteiger partial charge on any atom is 0.308 e. The monoisotopic (exact) mass is 394 g/mol. The fourth-order valence-electron chi connectivity index (χ4n) is 2.32. The maximum absolute atomic E-state index is 11.3. The highest BCUT2D eigenvalue weighted by molar-refractivity contribution is 7.71. The Bertz CT molecular complexity index is 799. The predicted octanol–water partition coefficient (Wildman–Crippen LogP) is 4.08. The number of aryl methyl sites for hydroxylation is 1. The smallest absolute Gasteiger partial charge is 0.308 e. The SMILES string of the molecule is Cc1cccc2c(OCCOCCOCCOC(=O)C(C)C)cc(=S)oc12. The van der Waals surface area contributed by atoms with Gasteiger partial charge in [0.2, 0.25) is 0 Å². The number of fused-ring (bicyclic) bond motifs is 1. The number of para-hydroxylation sites is 1. The van der Waals surface area contributed by atoms with E-state index in [-0.39, 0.29) is 18.5 Å². The summed E-state index contributed by atoms with van der Waals surface area (Å²) in [6.07, 6.45) is 0. The molecule has 1 aromatic carbocycles. The summed E-state index contributed by atoms with van der Waals surface area (Å²) in [5.41, 5.74) is 1.75. The van der Waals surface area contributed by atoms with Crippen molar-refractivity contribution < 1.29 is 28.2 Å². The van der Waals surface area contributed by atoms with Crippen molar-refractivity contribution in [2.45, 2.75) is 20.8 Å². The molecule has 2 rings (SSSR count). The molecule has 0 aliphatic rings. The second-order valence-corrected chi connectivity index (χ2v) is 6.68. The average molecular weight is 394 g/mol. The molecule has 0 aliphatic carbocycles. The van der Waals surface area contributed by atoms with Crippen LogP contribution in [0, 0.1) is 17.5 Å². The molecule has 0 radical (unpaired) electrons. The van der Waals surface area contributed by atoms with Crippen molar-refractivity contribution in [3.8, 4) is 5.75 Å². The summed E-state index contributed by atoms with van der Waals surface area (Å²) in [5.74, 6) is 0.354. The van der Waals surface area contributed by atoms with E-state index in [9.17, 15) is 4.79 Å². The van der Waals surface area contributed by atoms with Crippen molar-refractivity contribution in [2.24, 2.45) is 5.92 Å². The van der Waals surface area contributed by atoms with Crippen LogP contribution in [0.5, 0.6) is 5.75 Å². The Morgan fingerprint density at radius 2 is 1.74 bits per heavy atom. The first-order chi connectivity index (χ1) is 13.0. The van der Waals surface area contributed by atoms with Crippen LogP contribution < -0.4 is 4.74 Å². The largest absolute Gasteiger partial charge is 0.490 e. The van der Waals surface area contributed by atoms with Gasteiger partial charge in [0, 0.05) is 6.07 Å². The number of rotatable bonds is 11. The Hall–Kier alpha value is -1.96. The van der Waals surface area contributed by atoms with Gasteiger partial charge in [-0.15, -0.1) is 0 Å². The number of ether oxygens (including phenoxy) is 4. The minimum atomic E-state index is -0.217. The van der Waals surface area contributed by atoms with Crippen LogP contribution in [-0.4, -0.2) is 45.6 Å². The van der Waals surface area contributed by atoms with Crippen molar-refractivity contribution in [3.63, 3.8) is 0 Å². The van der Waals surface area contributed by atoms with Crippen LogP contribution in [0.4, 0.5) is 0 Å². The Kier molecular flexibility index (Phi) is 8.71. The normalized spacial score (nSPS) is 11.1. The number of hydrogen-bond donors (Lipinski definition) is 0. The fraction of sp³-hybridized carbons (Fsp3) is 0.500. The van der Waals surface area contributed by atoms with Crippen molar-refractivity contribution in [3.05, 3.63) is 34.5 Å². The zero-order valence-electron chi connectivity index (χ0n) is 16.0. The van der Waals surface area contributed by atoms with E-state index >= 15 is 0 Å². The average Bonchev–Trinajstić information content (AvgIpc) is 2.63. The quantitative estimate of drug-likeness (QED) is 0.323. The first kappa shape index (κ1) is 21.3. The Morgan fingerprint density at radius 3 is 2.44 bits per heavy atom. The summed E-state index contributed by atoms with van der Waals surface area (Å²) in [6.45, 7) is 7.88. The zero-order chi connectivity index (χ0) is 19.6. The summed E-state index contributed by atoms with van der Waals surface area (Å²) >= 11 is 5.16. The van der Waals surface area contributed by atoms with Crippen LogP contribution >= 0.6 is 12.2 Å². The van der Waals surface area contributed by atoms with Crippen LogP contribution in [0.3, 0.4) is 0 Å². The second kappa shape index (κ2) is 11.0. The maximum atomic E-state index is 11.3. The van der Waals surface area contributed by atoms with E-state index < -0.39 is 0 Å². The lowest BCUT2D eigenvalue weighted by molar-refractivity contribution is -0.149. The number of carbonyl (C=O) groups excluding carboxylic acids is 1. The lowest BCUT2D eigenvalue weighted by Gasteiger charge is -2.11. The molecule has 0 aliphatic heterocycles. The van der Waals surface area contributed by atoms with E-state index in [0.717, 1.165) is 16.5 Å². The van der Waals surface area contributed by atoms with Gasteiger partial charge in [0.05, 0.1) is 37.7 Å². The van der Waals surface area contributed by atoms with Gasteiger partial charge in [0.1, 0.15) is 24.5 Å². The summed E-state index contributed by atoms with van der Waals surface area (Å²) in [6, 6.07) is 7.57. The standard InChI is InChI=1S/C20H26O6S/c1-14(2)20(21)25-12-10-23-8-7-22-9-11-24-17-13-18(27)26-19-15(3)5-4-6-16(17)19/h4-6,13-14H,7-12H2,1-3H3. The first-order valence-corrected chi connectivity index (χ1v) is 9.38. The molecule has 7 heteroatoms. The van der Waals surface area contributed by atoms with E-state index in [1.54, 1.807) is 19.9 Å². The highest BCUT2D eigenvalue weighted by Crippen LogP contribution is 2.28. The third-order valence-electron chi connectivity index (χ3n) is 3.73. The van der Waals surface area contributed by atoms with Crippen LogP contribution in [0.2, 0.25) is 0 Å². The highest BCUT2D eigenvalue weighted by Gasteiger charge is 2.08. The summed E-state index contributed by atoms with van der Waals surface area (Å²) in [5, 5.41) is 0.892. The predicted molar refractivity (Wildman–Crippen MR) is 105 cm³/mol. The van der Waals surface area contributed by atoms with Crippen LogP contribution in [0.25, 0.3) is 11.0 Å². The molecule has 0 saturated carbocycles. The molecule has 148 valence electrons. The van der Waals surface area contributed by atoms with Gasteiger partial charge in [-0.1, -0.05) is 26.0 Å². The van der Waals surface area contributed by atoms with Gasteiger partial charge < -0.3 is 23.4 Å². The molecule has 0 fully saturated rings. The van der Waals surface area contributed by atoms with E-state index in [4.69, 9.17) is 35.6 Å². The number of hydrogen-bond acceptors (Lipinski definition) is 7. The topological polar surface area (TPSA) is 67.1 Å². The van der Waals surface area contributed by atoms with Gasteiger partial charge >= 0.3 is 5.97 Å². The molecule has 2 aromatic rings.